The first-order valence-electron chi connectivity index (χ1n) is 4.75. The van der Waals surface area contributed by atoms with Gasteiger partial charge in [0.25, 0.3) is 0 Å². The summed E-state index contributed by atoms with van der Waals surface area (Å²) in [6.07, 6.45) is 2.73. The largest absolute Gasteiger partial charge is 0.380 e. The van der Waals surface area contributed by atoms with E-state index in [0.717, 1.165) is 6.42 Å². The molecule has 5 heteroatoms. The fraction of sp³-hybridized carbons (Fsp3) is 0.778. The van der Waals surface area contributed by atoms with Gasteiger partial charge in [-0.2, -0.15) is 4.31 Å². The van der Waals surface area contributed by atoms with Gasteiger partial charge in [-0.15, -0.1) is 0 Å². The number of ether oxygens (including phenoxy) is 1. The molecule has 1 aliphatic rings. The zero-order chi connectivity index (χ0) is 10.6. The van der Waals surface area contributed by atoms with Crippen LogP contribution in [0.2, 0.25) is 0 Å². The van der Waals surface area contributed by atoms with Crippen LogP contribution in [0.1, 0.15) is 13.3 Å². The van der Waals surface area contributed by atoms with Crippen LogP contribution in [0, 0.1) is 0 Å². The van der Waals surface area contributed by atoms with Crippen molar-refractivity contribution >= 4 is 10.0 Å². The van der Waals surface area contributed by atoms with Gasteiger partial charge in [-0.1, -0.05) is 6.08 Å². The van der Waals surface area contributed by atoms with E-state index in [1.165, 1.54) is 9.88 Å². The second-order valence-electron chi connectivity index (χ2n) is 3.30. The number of hydrogen-bond acceptors (Lipinski definition) is 3. The van der Waals surface area contributed by atoms with Crippen LogP contribution in [-0.2, 0) is 14.8 Å². The van der Waals surface area contributed by atoms with Gasteiger partial charge in [0.2, 0.25) is 10.0 Å². The minimum atomic E-state index is -3.01. The van der Waals surface area contributed by atoms with Crippen LogP contribution in [0.25, 0.3) is 0 Å². The van der Waals surface area contributed by atoms with E-state index in [0.29, 0.717) is 19.7 Å². The molecule has 0 amide bonds. The summed E-state index contributed by atoms with van der Waals surface area (Å²) < 4.78 is 29.5. The summed E-state index contributed by atoms with van der Waals surface area (Å²) in [6, 6.07) is 0. The minimum Gasteiger partial charge on any atom is -0.380 e. The Hall–Kier alpha value is -0.390. The SMILES string of the molecule is CCS(=O)(=O)N1CC=C(COC)CC1. The Balaban J connectivity index is 2.59. The molecule has 14 heavy (non-hydrogen) atoms. The maximum absolute atomic E-state index is 11.5. The van der Waals surface area contributed by atoms with Crippen LogP contribution in [0.15, 0.2) is 11.6 Å². The number of rotatable bonds is 4. The standard InChI is InChI=1S/C9H17NO3S/c1-3-14(11,12)10-6-4-9(5-7-10)8-13-2/h4H,3,5-8H2,1-2H3. The van der Waals surface area contributed by atoms with Gasteiger partial charge in [-0.25, -0.2) is 8.42 Å². The highest BCUT2D eigenvalue weighted by Gasteiger charge is 2.21. The molecule has 0 aliphatic carbocycles. The highest BCUT2D eigenvalue weighted by molar-refractivity contribution is 7.89. The van der Waals surface area contributed by atoms with Crippen LogP contribution in [0.3, 0.4) is 0 Å². The van der Waals surface area contributed by atoms with Crippen molar-refractivity contribution in [2.75, 3.05) is 32.6 Å². The molecule has 0 atom stereocenters. The minimum absolute atomic E-state index is 0.181. The summed E-state index contributed by atoms with van der Waals surface area (Å²) in [5.74, 6) is 0.181. The fourth-order valence-electron chi connectivity index (χ4n) is 1.44. The van der Waals surface area contributed by atoms with Crippen molar-refractivity contribution in [3.05, 3.63) is 11.6 Å². The van der Waals surface area contributed by atoms with Gasteiger partial charge >= 0.3 is 0 Å². The van der Waals surface area contributed by atoms with Crippen molar-refractivity contribution in [3.63, 3.8) is 0 Å². The Kier molecular flexibility index (Phi) is 4.10. The molecular formula is C9H17NO3S. The van der Waals surface area contributed by atoms with Crippen molar-refractivity contribution in [3.8, 4) is 0 Å². The fourth-order valence-corrected chi connectivity index (χ4v) is 2.48. The van der Waals surface area contributed by atoms with Crippen LogP contribution >= 0.6 is 0 Å². The lowest BCUT2D eigenvalue weighted by Crippen LogP contribution is -2.36. The van der Waals surface area contributed by atoms with E-state index in [2.05, 4.69) is 0 Å². The third-order valence-corrected chi connectivity index (χ3v) is 4.20. The lowest BCUT2D eigenvalue weighted by atomic mass is 10.1. The van der Waals surface area contributed by atoms with Gasteiger partial charge in [0, 0.05) is 20.2 Å². The monoisotopic (exact) mass is 219 g/mol. The number of hydrogen-bond donors (Lipinski definition) is 0. The molecule has 1 heterocycles. The Bertz CT molecular complexity index is 308. The maximum atomic E-state index is 11.5. The van der Waals surface area contributed by atoms with Gasteiger partial charge in [0.05, 0.1) is 12.4 Å². The van der Waals surface area contributed by atoms with Crippen LogP contribution < -0.4 is 0 Å². The first-order valence-corrected chi connectivity index (χ1v) is 6.35. The van der Waals surface area contributed by atoms with Gasteiger partial charge in [-0.3, -0.25) is 0 Å². The quantitative estimate of drug-likeness (QED) is 0.651. The predicted molar refractivity (Wildman–Crippen MR) is 55.6 cm³/mol. The zero-order valence-electron chi connectivity index (χ0n) is 8.69. The molecule has 1 rings (SSSR count). The summed E-state index contributed by atoms with van der Waals surface area (Å²) >= 11 is 0. The van der Waals surface area contributed by atoms with E-state index in [9.17, 15) is 8.42 Å². The molecule has 82 valence electrons. The van der Waals surface area contributed by atoms with Crippen LogP contribution in [0.4, 0.5) is 0 Å². The Morgan fingerprint density at radius 1 is 1.57 bits per heavy atom. The normalized spacial score (nSPS) is 19.4. The highest BCUT2D eigenvalue weighted by atomic mass is 32.2. The molecule has 0 fully saturated rings. The molecule has 0 aromatic carbocycles. The van der Waals surface area contributed by atoms with E-state index >= 15 is 0 Å². The summed E-state index contributed by atoms with van der Waals surface area (Å²) in [7, 11) is -1.36. The molecule has 1 aliphatic heterocycles. The molecular weight excluding hydrogens is 202 g/mol. The van der Waals surface area contributed by atoms with E-state index in [4.69, 9.17) is 4.74 Å². The zero-order valence-corrected chi connectivity index (χ0v) is 9.51. The summed E-state index contributed by atoms with van der Waals surface area (Å²) in [4.78, 5) is 0. The van der Waals surface area contributed by atoms with E-state index in [1.54, 1.807) is 14.0 Å². The number of nitrogens with zero attached hydrogens (tertiary/aromatic N) is 1. The summed E-state index contributed by atoms with van der Waals surface area (Å²) in [5, 5.41) is 0. The van der Waals surface area contributed by atoms with Gasteiger partial charge in [0.1, 0.15) is 0 Å². The topological polar surface area (TPSA) is 46.6 Å². The van der Waals surface area contributed by atoms with Crippen molar-refractivity contribution in [1.82, 2.24) is 4.31 Å². The molecule has 0 unspecified atom stereocenters. The highest BCUT2D eigenvalue weighted by Crippen LogP contribution is 2.14. The third-order valence-electron chi connectivity index (χ3n) is 2.35. The molecule has 0 saturated heterocycles. The predicted octanol–water partition coefficient (Wildman–Crippen LogP) is 0.615. The van der Waals surface area contributed by atoms with Gasteiger partial charge < -0.3 is 4.74 Å². The average Bonchev–Trinajstić information content (AvgIpc) is 2.19. The molecule has 4 nitrogen and oxygen atoms in total. The van der Waals surface area contributed by atoms with Crippen molar-refractivity contribution in [1.29, 1.82) is 0 Å². The van der Waals surface area contributed by atoms with Crippen molar-refractivity contribution in [2.45, 2.75) is 13.3 Å². The van der Waals surface area contributed by atoms with Gasteiger partial charge in [0.15, 0.2) is 0 Å². The number of methoxy groups -OCH3 is 1. The van der Waals surface area contributed by atoms with Crippen molar-refractivity contribution < 1.29 is 13.2 Å². The molecule has 0 radical (unpaired) electrons. The van der Waals surface area contributed by atoms with Crippen LogP contribution in [0.5, 0.6) is 0 Å². The Morgan fingerprint density at radius 3 is 2.71 bits per heavy atom. The molecule has 0 N–H and O–H groups in total. The molecule has 0 aromatic rings. The molecule has 0 bridgehead atoms. The molecule has 0 aromatic heterocycles. The lowest BCUT2D eigenvalue weighted by molar-refractivity contribution is 0.219. The molecule has 0 saturated carbocycles. The summed E-state index contributed by atoms with van der Waals surface area (Å²) in [6.45, 7) is 3.37. The second-order valence-corrected chi connectivity index (χ2v) is 5.56. The van der Waals surface area contributed by atoms with E-state index in [-0.39, 0.29) is 5.75 Å². The smallest absolute Gasteiger partial charge is 0.214 e. The third kappa shape index (κ3) is 2.80. The van der Waals surface area contributed by atoms with E-state index in [1.807, 2.05) is 6.08 Å². The Morgan fingerprint density at radius 2 is 2.29 bits per heavy atom. The lowest BCUT2D eigenvalue weighted by Gasteiger charge is -2.24. The summed E-state index contributed by atoms with van der Waals surface area (Å²) in [5.41, 5.74) is 1.19. The Labute approximate surface area is 85.6 Å². The number of sulfonamides is 1. The van der Waals surface area contributed by atoms with Crippen molar-refractivity contribution in [2.24, 2.45) is 0 Å². The first kappa shape index (κ1) is 11.7. The van der Waals surface area contributed by atoms with E-state index < -0.39 is 10.0 Å². The average molecular weight is 219 g/mol. The van der Waals surface area contributed by atoms with Gasteiger partial charge in [-0.05, 0) is 18.9 Å². The van der Waals surface area contributed by atoms with Crippen LogP contribution in [-0.4, -0.2) is 45.3 Å². The first-order chi connectivity index (χ1) is 6.60. The maximum Gasteiger partial charge on any atom is 0.214 e. The molecule has 0 spiro atoms. The second kappa shape index (κ2) is 4.91.